The molecular weight excluding hydrogens is 268 g/mol. The Kier molecular flexibility index (Phi) is 3.96. The van der Waals surface area contributed by atoms with Gasteiger partial charge in [0.05, 0.1) is 11.5 Å². The van der Waals surface area contributed by atoms with Crippen LogP contribution >= 0.6 is 0 Å². The number of para-hydroxylation sites is 1. The molecule has 0 bridgehead atoms. The minimum absolute atomic E-state index is 0.190. The Morgan fingerprint density at radius 3 is 2.95 bits per heavy atom. The van der Waals surface area contributed by atoms with Crippen LogP contribution in [0.3, 0.4) is 0 Å². The van der Waals surface area contributed by atoms with Crippen molar-refractivity contribution in [3.63, 3.8) is 0 Å². The molecule has 0 aliphatic heterocycles. The van der Waals surface area contributed by atoms with E-state index in [2.05, 4.69) is 14.9 Å². The van der Waals surface area contributed by atoms with Gasteiger partial charge in [-0.15, -0.1) is 0 Å². The number of hydrogen-bond donors (Lipinski definition) is 1. The number of aromatic nitrogens is 2. The van der Waals surface area contributed by atoms with Crippen molar-refractivity contribution in [3.8, 4) is 0 Å². The van der Waals surface area contributed by atoms with Crippen LogP contribution < -0.4 is 5.32 Å². The van der Waals surface area contributed by atoms with Crippen molar-refractivity contribution >= 4 is 5.69 Å². The first-order valence-electron chi connectivity index (χ1n) is 7.20. The predicted molar refractivity (Wildman–Crippen MR) is 78.9 cm³/mol. The van der Waals surface area contributed by atoms with E-state index in [0.29, 0.717) is 19.0 Å². The average molecular weight is 286 g/mol. The topological polar surface area (TPSA) is 73.0 Å². The predicted octanol–water partition coefficient (Wildman–Crippen LogP) is 2.29. The van der Waals surface area contributed by atoms with Gasteiger partial charge in [0.1, 0.15) is 5.82 Å². The summed E-state index contributed by atoms with van der Waals surface area (Å²) in [4.78, 5) is 15.0. The lowest BCUT2D eigenvalue weighted by atomic mass is 10.1. The first-order valence-corrected chi connectivity index (χ1v) is 7.20. The van der Waals surface area contributed by atoms with Crippen molar-refractivity contribution in [3.05, 3.63) is 58.2 Å². The fraction of sp³-hybridized carbons (Fsp3) is 0.400. The lowest BCUT2D eigenvalue weighted by Gasteiger charge is -2.09. The van der Waals surface area contributed by atoms with Crippen LogP contribution in [0.25, 0.3) is 0 Å². The van der Waals surface area contributed by atoms with Crippen LogP contribution in [0.2, 0.25) is 0 Å². The normalized spacial score (nSPS) is 14.3. The fourth-order valence-corrected chi connectivity index (χ4v) is 2.38. The van der Waals surface area contributed by atoms with E-state index < -0.39 is 0 Å². The Morgan fingerprint density at radius 1 is 1.38 bits per heavy atom. The zero-order chi connectivity index (χ0) is 14.7. The van der Waals surface area contributed by atoms with Gasteiger partial charge in [0.2, 0.25) is 0 Å². The van der Waals surface area contributed by atoms with E-state index in [9.17, 15) is 10.1 Å². The third kappa shape index (κ3) is 3.46. The highest BCUT2D eigenvalue weighted by molar-refractivity contribution is 5.39. The van der Waals surface area contributed by atoms with Crippen LogP contribution in [0.15, 0.2) is 36.7 Å². The monoisotopic (exact) mass is 286 g/mol. The number of nitrogens with one attached hydrogen (secondary N) is 1. The van der Waals surface area contributed by atoms with Gasteiger partial charge >= 0.3 is 0 Å². The first kappa shape index (κ1) is 13.8. The summed E-state index contributed by atoms with van der Waals surface area (Å²) in [6, 6.07) is 7.55. The molecular formula is C15H18N4O2. The molecule has 3 rings (SSSR count). The quantitative estimate of drug-likeness (QED) is 0.626. The summed E-state index contributed by atoms with van der Waals surface area (Å²) in [6.45, 7) is 1.46. The maximum atomic E-state index is 11.0. The molecule has 0 saturated heterocycles. The van der Waals surface area contributed by atoms with Gasteiger partial charge in [-0.1, -0.05) is 18.2 Å². The Morgan fingerprint density at radius 2 is 2.19 bits per heavy atom. The zero-order valence-electron chi connectivity index (χ0n) is 11.7. The molecule has 0 unspecified atom stereocenters. The standard InChI is InChI=1S/C15H18N4O2/c20-19(21)14-4-2-1-3-12(14)7-9-18-10-8-16-15(18)11-17-13-5-6-13/h1-4,8,10,13,17H,5-7,9,11H2. The van der Waals surface area contributed by atoms with Crippen LogP contribution in [0.5, 0.6) is 0 Å². The van der Waals surface area contributed by atoms with E-state index in [4.69, 9.17) is 0 Å². The maximum Gasteiger partial charge on any atom is 0.272 e. The van der Waals surface area contributed by atoms with E-state index in [1.54, 1.807) is 18.3 Å². The molecule has 110 valence electrons. The smallest absolute Gasteiger partial charge is 0.272 e. The largest absolute Gasteiger partial charge is 0.334 e. The molecule has 6 heteroatoms. The number of nitro groups is 1. The van der Waals surface area contributed by atoms with Gasteiger partial charge in [-0.3, -0.25) is 10.1 Å². The third-order valence-corrected chi connectivity index (χ3v) is 3.74. The van der Waals surface area contributed by atoms with Crippen molar-refractivity contribution in [1.29, 1.82) is 0 Å². The summed E-state index contributed by atoms with van der Waals surface area (Å²) < 4.78 is 2.06. The summed E-state index contributed by atoms with van der Waals surface area (Å²) >= 11 is 0. The number of nitro benzene ring substituents is 1. The average Bonchev–Trinajstić information content (AvgIpc) is 3.21. The highest BCUT2D eigenvalue weighted by Gasteiger charge is 2.20. The Hall–Kier alpha value is -2.21. The molecule has 1 N–H and O–H groups in total. The molecule has 1 aromatic carbocycles. The minimum atomic E-state index is -0.321. The van der Waals surface area contributed by atoms with Crippen molar-refractivity contribution in [1.82, 2.24) is 14.9 Å². The molecule has 1 aliphatic rings. The second-order valence-corrected chi connectivity index (χ2v) is 5.33. The van der Waals surface area contributed by atoms with E-state index >= 15 is 0 Å². The molecule has 6 nitrogen and oxygen atoms in total. The molecule has 1 fully saturated rings. The summed E-state index contributed by atoms with van der Waals surface area (Å²) in [5.74, 6) is 0.987. The Labute approximate surface area is 123 Å². The number of rotatable bonds is 7. The number of aryl methyl sites for hydroxylation is 2. The molecule has 1 heterocycles. The van der Waals surface area contributed by atoms with E-state index in [1.165, 1.54) is 12.8 Å². The summed E-state index contributed by atoms with van der Waals surface area (Å²) in [5, 5.41) is 14.4. The number of imidazole rings is 1. The van der Waals surface area contributed by atoms with Crippen molar-refractivity contribution in [2.75, 3.05) is 0 Å². The zero-order valence-corrected chi connectivity index (χ0v) is 11.7. The Balaban J connectivity index is 1.64. The van der Waals surface area contributed by atoms with E-state index in [-0.39, 0.29) is 10.6 Å². The summed E-state index contributed by atoms with van der Waals surface area (Å²) in [5.41, 5.74) is 0.951. The highest BCUT2D eigenvalue weighted by Crippen LogP contribution is 2.20. The highest BCUT2D eigenvalue weighted by atomic mass is 16.6. The van der Waals surface area contributed by atoms with Crippen LogP contribution in [-0.4, -0.2) is 20.5 Å². The van der Waals surface area contributed by atoms with Crippen molar-refractivity contribution in [2.24, 2.45) is 0 Å². The minimum Gasteiger partial charge on any atom is -0.334 e. The fourth-order valence-electron chi connectivity index (χ4n) is 2.38. The van der Waals surface area contributed by atoms with Crippen molar-refractivity contribution in [2.45, 2.75) is 38.4 Å². The van der Waals surface area contributed by atoms with Gasteiger partial charge < -0.3 is 9.88 Å². The molecule has 0 radical (unpaired) electrons. The molecule has 0 amide bonds. The lowest BCUT2D eigenvalue weighted by Crippen LogP contribution is -2.19. The van der Waals surface area contributed by atoms with Gasteiger partial charge in [0, 0.05) is 36.6 Å². The van der Waals surface area contributed by atoms with Crippen molar-refractivity contribution < 1.29 is 4.92 Å². The van der Waals surface area contributed by atoms with Crippen LogP contribution in [0.4, 0.5) is 5.69 Å². The maximum absolute atomic E-state index is 11.0. The van der Waals surface area contributed by atoms with Gasteiger partial charge in [-0.25, -0.2) is 4.98 Å². The second-order valence-electron chi connectivity index (χ2n) is 5.33. The summed E-state index contributed by atoms with van der Waals surface area (Å²) in [6.07, 6.45) is 6.83. The number of benzene rings is 1. The van der Waals surface area contributed by atoms with Gasteiger partial charge in [-0.05, 0) is 19.3 Å². The first-order chi connectivity index (χ1) is 10.2. The van der Waals surface area contributed by atoms with Gasteiger partial charge in [0.25, 0.3) is 5.69 Å². The molecule has 1 aliphatic carbocycles. The molecule has 0 atom stereocenters. The van der Waals surface area contributed by atoms with Gasteiger partial charge in [-0.2, -0.15) is 0 Å². The summed E-state index contributed by atoms with van der Waals surface area (Å²) in [7, 11) is 0. The van der Waals surface area contributed by atoms with E-state index in [0.717, 1.165) is 17.9 Å². The number of hydrogen-bond acceptors (Lipinski definition) is 4. The van der Waals surface area contributed by atoms with Crippen LogP contribution in [0, 0.1) is 10.1 Å². The molecule has 1 saturated carbocycles. The molecule has 0 spiro atoms. The van der Waals surface area contributed by atoms with E-state index in [1.807, 2.05) is 18.3 Å². The molecule has 21 heavy (non-hydrogen) atoms. The van der Waals surface area contributed by atoms with Crippen LogP contribution in [0.1, 0.15) is 24.2 Å². The third-order valence-electron chi connectivity index (χ3n) is 3.74. The Bertz CT molecular complexity index is 634. The second kappa shape index (κ2) is 6.05. The van der Waals surface area contributed by atoms with Crippen LogP contribution in [-0.2, 0) is 19.5 Å². The molecule has 2 aromatic rings. The van der Waals surface area contributed by atoms with Gasteiger partial charge in [0.15, 0.2) is 0 Å². The SMILES string of the molecule is O=[N+]([O-])c1ccccc1CCn1ccnc1CNC1CC1. The molecule has 1 aromatic heterocycles. The number of nitrogens with zero attached hydrogens (tertiary/aromatic N) is 3. The lowest BCUT2D eigenvalue weighted by molar-refractivity contribution is -0.385.